The molecule has 0 unspecified atom stereocenters. The van der Waals surface area contributed by atoms with Crippen LogP contribution in [0.1, 0.15) is 5.56 Å². The molecule has 0 amide bonds. The maximum Gasteiger partial charge on any atom is 0.311 e. The van der Waals surface area contributed by atoms with Crippen molar-refractivity contribution < 1.29 is 4.68 Å². The molecule has 2 aromatic carbocycles. The van der Waals surface area contributed by atoms with Gasteiger partial charge in [-0.05, 0) is 29.8 Å². The van der Waals surface area contributed by atoms with Gasteiger partial charge in [0.15, 0.2) is 0 Å². The average Bonchev–Trinajstić information content (AvgIpc) is 2.39. The molecule has 0 saturated carbocycles. The van der Waals surface area contributed by atoms with Crippen molar-refractivity contribution >= 4 is 34.1 Å². The normalized spacial score (nSPS) is 12.1. The van der Waals surface area contributed by atoms with E-state index in [2.05, 4.69) is 0 Å². The number of para-hydroxylation sites is 1. The average molecular weight is 266 g/mol. The van der Waals surface area contributed by atoms with Crippen LogP contribution in [0.25, 0.3) is 0 Å². The second-order valence-corrected chi connectivity index (χ2v) is 4.24. The van der Waals surface area contributed by atoms with Gasteiger partial charge in [0.1, 0.15) is 5.02 Å². The van der Waals surface area contributed by atoms with Crippen LogP contribution < -0.4 is 5.84 Å². The Kier molecular flexibility index (Phi) is 3.67. The number of hydrazone groups is 1. The summed E-state index contributed by atoms with van der Waals surface area (Å²) in [6, 6.07) is 16.8. The maximum absolute atomic E-state index is 6.22. The summed E-state index contributed by atoms with van der Waals surface area (Å²) in [5.41, 5.74) is 1.51. The highest BCUT2D eigenvalue weighted by molar-refractivity contribution is 6.68. The molecule has 0 aliphatic rings. The molecule has 0 radical (unpaired) electrons. The Morgan fingerprint density at radius 3 is 2.18 bits per heavy atom. The molecule has 2 nitrogen and oxygen atoms in total. The van der Waals surface area contributed by atoms with Gasteiger partial charge in [0.05, 0.1) is 5.56 Å². The Bertz CT molecular complexity index is 550. The van der Waals surface area contributed by atoms with Crippen molar-refractivity contribution in [3.63, 3.8) is 0 Å². The van der Waals surface area contributed by atoms with Crippen LogP contribution in [0.5, 0.6) is 0 Å². The predicted octanol–water partition coefficient (Wildman–Crippen LogP) is 3.54. The zero-order valence-corrected chi connectivity index (χ0v) is 10.5. The van der Waals surface area contributed by atoms with Crippen molar-refractivity contribution in [3.8, 4) is 0 Å². The lowest BCUT2D eigenvalue weighted by Gasteiger charge is -2.00. The van der Waals surface area contributed by atoms with E-state index in [-0.39, 0.29) is 0 Å². The lowest BCUT2D eigenvalue weighted by Crippen LogP contribution is -2.20. The van der Waals surface area contributed by atoms with E-state index in [0.29, 0.717) is 15.9 Å². The highest BCUT2D eigenvalue weighted by Crippen LogP contribution is 2.23. The Morgan fingerprint density at radius 1 is 0.941 bits per heavy atom. The van der Waals surface area contributed by atoms with Crippen molar-refractivity contribution in [1.29, 1.82) is 0 Å². The van der Waals surface area contributed by atoms with E-state index in [9.17, 15) is 0 Å². The highest BCUT2D eigenvalue weighted by atomic mass is 35.5. The lowest BCUT2D eigenvalue weighted by molar-refractivity contribution is -0.449. The summed E-state index contributed by atoms with van der Waals surface area (Å²) in [7, 11) is 0. The van der Waals surface area contributed by atoms with E-state index in [1.807, 2.05) is 48.5 Å². The highest BCUT2D eigenvalue weighted by Gasteiger charge is 2.17. The van der Waals surface area contributed by atoms with E-state index in [1.54, 1.807) is 6.07 Å². The van der Waals surface area contributed by atoms with E-state index in [4.69, 9.17) is 29.0 Å². The molecule has 0 heterocycles. The number of hydrogen-bond donors (Lipinski definition) is 1. The fourth-order valence-electron chi connectivity index (χ4n) is 1.47. The topological polar surface area (TPSA) is 29.0 Å². The summed E-state index contributed by atoms with van der Waals surface area (Å²) in [5.74, 6) is 5.95. The number of nitrogens with zero attached hydrogens (tertiary/aromatic N) is 1. The summed E-state index contributed by atoms with van der Waals surface area (Å²) < 4.78 is 1.37. The van der Waals surface area contributed by atoms with Crippen LogP contribution in [0.2, 0.25) is 5.02 Å². The number of benzene rings is 2. The quantitative estimate of drug-likeness (QED) is 0.383. The summed E-state index contributed by atoms with van der Waals surface area (Å²) in [6.45, 7) is 0. The van der Waals surface area contributed by atoms with Crippen molar-refractivity contribution in [2.75, 3.05) is 0 Å². The van der Waals surface area contributed by atoms with Crippen LogP contribution in [0.3, 0.4) is 0 Å². The predicted molar refractivity (Wildman–Crippen MR) is 72.0 cm³/mol. The van der Waals surface area contributed by atoms with Crippen molar-refractivity contribution in [2.45, 2.75) is 0 Å². The monoisotopic (exact) mass is 265 g/mol. The first kappa shape index (κ1) is 12.0. The number of halogens is 2. The zero-order valence-electron chi connectivity index (χ0n) is 8.98. The Morgan fingerprint density at radius 2 is 1.53 bits per heavy atom. The first-order valence-electron chi connectivity index (χ1n) is 5.07. The van der Waals surface area contributed by atoms with Crippen LogP contribution in [0, 0.1) is 0 Å². The maximum atomic E-state index is 6.22. The van der Waals surface area contributed by atoms with E-state index in [1.165, 1.54) is 4.68 Å². The minimum absolute atomic E-state index is 0.429. The minimum Gasteiger partial charge on any atom is -0.203 e. The van der Waals surface area contributed by atoms with Gasteiger partial charge in [-0.2, -0.15) is 0 Å². The standard InChI is InChI=1S/C13H11Cl2N2/c14-11-8-4-5-9-12(11)17(16)13(15)10-6-2-1-3-7-10/h1-9H,16H2/q+1/b17-13+. The summed E-state index contributed by atoms with van der Waals surface area (Å²) in [4.78, 5) is 0. The molecule has 2 aromatic rings. The molecule has 86 valence electrons. The molecule has 2 N–H and O–H groups in total. The van der Waals surface area contributed by atoms with Crippen LogP contribution in [-0.2, 0) is 0 Å². The number of rotatable bonds is 2. The number of hydrazine groups is 1. The van der Waals surface area contributed by atoms with Gasteiger partial charge >= 0.3 is 5.17 Å². The van der Waals surface area contributed by atoms with E-state index >= 15 is 0 Å². The van der Waals surface area contributed by atoms with Crippen LogP contribution in [0.4, 0.5) is 5.69 Å². The van der Waals surface area contributed by atoms with Crippen molar-refractivity contribution in [2.24, 2.45) is 5.84 Å². The van der Waals surface area contributed by atoms with Gasteiger partial charge in [-0.15, -0.1) is 0 Å². The van der Waals surface area contributed by atoms with Crippen LogP contribution >= 0.6 is 23.2 Å². The number of nitrogens with two attached hydrogens (primary N) is 1. The largest absolute Gasteiger partial charge is 0.311 e. The molecule has 0 aliphatic heterocycles. The number of hydrogen-bond acceptors (Lipinski definition) is 1. The third-order valence-electron chi connectivity index (χ3n) is 2.34. The Balaban J connectivity index is 2.50. The SMILES string of the molecule is N/[N+](=C(/Cl)c1ccccc1)c1ccccc1Cl. The van der Waals surface area contributed by atoms with Gasteiger partial charge in [-0.25, -0.2) is 5.84 Å². The third kappa shape index (κ3) is 2.60. The Labute approximate surface area is 110 Å². The molecule has 0 spiro atoms. The first-order valence-corrected chi connectivity index (χ1v) is 5.83. The second kappa shape index (κ2) is 5.21. The lowest BCUT2D eigenvalue weighted by atomic mass is 10.2. The smallest absolute Gasteiger partial charge is 0.203 e. The van der Waals surface area contributed by atoms with Crippen molar-refractivity contribution in [1.82, 2.24) is 0 Å². The van der Waals surface area contributed by atoms with Crippen LogP contribution in [0.15, 0.2) is 54.6 Å². The molecule has 0 saturated heterocycles. The molecule has 0 atom stereocenters. The second-order valence-electron chi connectivity index (χ2n) is 3.48. The van der Waals surface area contributed by atoms with E-state index in [0.717, 1.165) is 5.56 Å². The van der Waals surface area contributed by atoms with Crippen molar-refractivity contribution in [3.05, 3.63) is 65.2 Å². The fourth-order valence-corrected chi connectivity index (χ4v) is 1.91. The molecular weight excluding hydrogens is 255 g/mol. The van der Waals surface area contributed by atoms with Gasteiger partial charge in [0, 0.05) is 6.07 Å². The van der Waals surface area contributed by atoms with E-state index < -0.39 is 0 Å². The molecule has 0 aromatic heterocycles. The molecular formula is C13H11Cl2N2+. The van der Waals surface area contributed by atoms with Crippen LogP contribution in [-0.4, -0.2) is 9.86 Å². The van der Waals surface area contributed by atoms with Gasteiger partial charge in [-0.3, -0.25) is 0 Å². The summed E-state index contributed by atoms with van der Waals surface area (Å²) >= 11 is 12.3. The first-order chi connectivity index (χ1) is 8.20. The molecule has 0 aliphatic carbocycles. The molecule has 0 bridgehead atoms. The minimum atomic E-state index is 0.429. The zero-order chi connectivity index (χ0) is 12.3. The Hall–Kier alpha value is -1.51. The van der Waals surface area contributed by atoms with Gasteiger partial charge in [-0.1, -0.05) is 46.6 Å². The molecule has 0 fully saturated rings. The third-order valence-corrected chi connectivity index (χ3v) is 3.06. The summed E-state index contributed by atoms with van der Waals surface area (Å²) in [6.07, 6.45) is 0. The molecule has 17 heavy (non-hydrogen) atoms. The molecule has 4 heteroatoms. The van der Waals surface area contributed by atoms with Gasteiger partial charge in [0.25, 0.3) is 5.69 Å². The van der Waals surface area contributed by atoms with Gasteiger partial charge in [0.2, 0.25) is 0 Å². The fraction of sp³-hybridized carbons (Fsp3) is 0. The van der Waals surface area contributed by atoms with Gasteiger partial charge < -0.3 is 0 Å². The summed E-state index contributed by atoms with van der Waals surface area (Å²) in [5, 5.41) is 0.989. The molecule has 2 rings (SSSR count).